The van der Waals surface area contributed by atoms with Crippen LogP contribution in [0.15, 0.2) is 24.3 Å². The van der Waals surface area contributed by atoms with E-state index in [0.29, 0.717) is 24.2 Å². The van der Waals surface area contributed by atoms with E-state index in [1.807, 2.05) is 13.8 Å². The van der Waals surface area contributed by atoms with E-state index in [4.69, 9.17) is 18.0 Å². The fraction of sp³-hybridized carbons (Fsp3) is 0.400. The van der Waals surface area contributed by atoms with Crippen LogP contribution in [0.5, 0.6) is 0 Å². The fourth-order valence-electron chi connectivity index (χ4n) is 2.16. The highest BCUT2D eigenvalue weighted by Crippen LogP contribution is 2.29. The molecule has 1 aromatic rings. The number of thiocarbonyl (C=S) groups is 1. The minimum Gasteiger partial charge on any atom is -0.392 e. The Kier molecular flexibility index (Phi) is 5.84. The molecule has 0 aromatic heterocycles. The maximum Gasteiger partial charge on any atom is 0.237 e. The summed E-state index contributed by atoms with van der Waals surface area (Å²) < 4.78 is 0. The van der Waals surface area contributed by atoms with E-state index < -0.39 is 5.41 Å². The van der Waals surface area contributed by atoms with Crippen molar-refractivity contribution in [1.82, 2.24) is 0 Å². The Hall–Kier alpha value is -1.95. The van der Waals surface area contributed by atoms with Crippen LogP contribution < -0.4 is 16.4 Å². The molecule has 0 aliphatic heterocycles. The highest BCUT2D eigenvalue weighted by Gasteiger charge is 2.38. The molecule has 0 radical (unpaired) electrons. The summed E-state index contributed by atoms with van der Waals surface area (Å²) in [5, 5.41) is 5.49. The van der Waals surface area contributed by atoms with Crippen LogP contribution in [-0.4, -0.2) is 16.8 Å². The van der Waals surface area contributed by atoms with Gasteiger partial charge < -0.3 is 16.4 Å². The van der Waals surface area contributed by atoms with Crippen LogP contribution in [0, 0.1) is 5.41 Å². The molecule has 0 saturated carbocycles. The van der Waals surface area contributed by atoms with Gasteiger partial charge in [-0.3, -0.25) is 9.59 Å². The van der Waals surface area contributed by atoms with Crippen LogP contribution in [0.1, 0.15) is 33.6 Å². The molecule has 1 aromatic carbocycles. The summed E-state index contributed by atoms with van der Waals surface area (Å²) in [7, 11) is 0. The first-order valence-corrected chi connectivity index (χ1v) is 7.25. The lowest BCUT2D eigenvalue weighted by molar-refractivity contribution is -0.122. The second kappa shape index (κ2) is 7.17. The smallest absolute Gasteiger partial charge is 0.237 e. The van der Waals surface area contributed by atoms with Gasteiger partial charge in [0.2, 0.25) is 11.8 Å². The van der Waals surface area contributed by atoms with E-state index >= 15 is 0 Å². The molecular formula is C15H21N3O2S. The number of carbonyl (C=O) groups is 2. The Labute approximate surface area is 130 Å². The monoisotopic (exact) mass is 307 g/mol. The molecule has 4 N–H and O–H groups in total. The molecule has 0 aliphatic carbocycles. The number of hydrogen-bond donors (Lipinski definition) is 3. The number of nitrogens with two attached hydrogens (primary N) is 1. The largest absolute Gasteiger partial charge is 0.392 e. The maximum atomic E-state index is 12.5. The third-order valence-corrected chi connectivity index (χ3v) is 3.94. The molecule has 0 heterocycles. The third kappa shape index (κ3) is 4.01. The topological polar surface area (TPSA) is 84.2 Å². The first kappa shape index (κ1) is 17.1. The van der Waals surface area contributed by atoms with Crippen molar-refractivity contribution in [3.8, 4) is 0 Å². The van der Waals surface area contributed by atoms with E-state index in [-0.39, 0.29) is 16.8 Å². The first-order valence-electron chi connectivity index (χ1n) is 6.84. The zero-order valence-electron chi connectivity index (χ0n) is 12.5. The molecule has 6 heteroatoms. The van der Waals surface area contributed by atoms with Gasteiger partial charge >= 0.3 is 0 Å². The van der Waals surface area contributed by atoms with E-state index in [9.17, 15) is 9.59 Å². The second-order valence-electron chi connectivity index (χ2n) is 4.87. The van der Waals surface area contributed by atoms with E-state index in [0.717, 1.165) is 0 Å². The Bertz CT molecular complexity index is 554. The number of anilines is 2. The fourth-order valence-corrected chi connectivity index (χ4v) is 2.54. The van der Waals surface area contributed by atoms with E-state index in [2.05, 4.69) is 10.6 Å². The van der Waals surface area contributed by atoms with Gasteiger partial charge in [-0.1, -0.05) is 32.1 Å². The van der Waals surface area contributed by atoms with Gasteiger partial charge in [-0.2, -0.15) is 0 Å². The van der Waals surface area contributed by atoms with Crippen molar-refractivity contribution < 1.29 is 9.59 Å². The average Bonchev–Trinajstić information content (AvgIpc) is 2.39. The molecule has 0 fully saturated rings. The molecule has 114 valence electrons. The summed E-state index contributed by atoms with van der Waals surface area (Å²) in [5.41, 5.74) is 6.12. The summed E-state index contributed by atoms with van der Waals surface area (Å²) >= 11 is 5.06. The number of hydrogen-bond acceptors (Lipinski definition) is 3. The van der Waals surface area contributed by atoms with Crippen molar-refractivity contribution in [2.75, 3.05) is 10.6 Å². The van der Waals surface area contributed by atoms with Crippen molar-refractivity contribution in [2.24, 2.45) is 11.1 Å². The second-order valence-corrected chi connectivity index (χ2v) is 5.31. The van der Waals surface area contributed by atoms with Crippen LogP contribution in [0.25, 0.3) is 0 Å². The minimum atomic E-state index is -0.848. The van der Waals surface area contributed by atoms with Gasteiger partial charge in [-0.05, 0) is 31.0 Å². The van der Waals surface area contributed by atoms with Gasteiger partial charge in [0.15, 0.2) is 0 Å². The number of carbonyl (C=O) groups excluding carboxylic acids is 2. The van der Waals surface area contributed by atoms with Crippen LogP contribution in [-0.2, 0) is 9.59 Å². The van der Waals surface area contributed by atoms with Gasteiger partial charge in [0.1, 0.15) is 0 Å². The zero-order valence-corrected chi connectivity index (χ0v) is 13.3. The summed E-state index contributed by atoms with van der Waals surface area (Å²) in [6.07, 6.45) is 1.08. The van der Waals surface area contributed by atoms with Crippen LogP contribution in [0.4, 0.5) is 11.4 Å². The summed E-state index contributed by atoms with van der Waals surface area (Å²) in [6, 6.07) is 6.94. The lowest BCUT2D eigenvalue weighted by atomic mass is 9.81. The van der Waals surface area contributed by atoms with E-state index in [1.54, 1.807) is 24.3 Å². The predicted molar refractivity (Wildman–Crippen MR) is 89.2 cm³/mol. The molecule has 0 atom stereocenters. The molecular weight excluding hydrogens is 286 g/mol. The van der Waals surface area contributed by atoms with Crippen molar-refractivity contribution in [1.29, 1.82) is 0 Å². The van der Waals surface area contributed by atoms with Gasteiger partial charge in [0.25, 0.3) is 0 Å². The minimum absolute atomic E-state index is 0.168. The van der Waals surface area contributed by atoms with Gasteiger partial charge in [-0.15, -0.1) is 0 Å². The molecule has 0 saturated heterocycles. The normalized spacial score (nSPS) is 10.8. The molecule has 2 amide bonds. The Morgan fingerprint density at radius 3 is 2.14 bits per heavy atom. The summed E-state index contributed by atoms with van der Waals surface area (Å²) in [5.74, 6) is -0.391. The standard InChI is InChI=1S/C15H21N3O2S/c1-4-15(5-2,13(16)21)14(20)18-12-8-6-7-11(9-12)17-10(3)19/h6-9H,4-5H2,1-3H3,(H2,16,21)(H,17,19)(H,18,20). The lowest BCUT2D eigenvalue weighted by Crippen LogP contribution is -2.45. The number of rotatable bonds is 6. The molecule has 1 rings (SSSR count). The highest BCUT2D eigenvalue weighted by molar-refractivity contribution is 7.80. The quantitative estimate of drug-likeness (QED) is 0.705. The Balaban J connectivity index is 2.97. The van der Waals surface area contributed by atoms with Crippen LogP contribution >= 0.6 is 12.2 Å². The Morgan fingerprint density at radius 1 is 1.19 bits per heavy atom. The molecule has 0 spiro atoms. The molecule has 21 heavy (non-hydrogen) atoms. The lowest BCUT2D eigenvalue weighted by Gasteiger charge is -2.29. The SMILES string of the molecule is CCC(CC)(C(=O)Nc1cccc(NC(C)=O)c1)C(N)=S. The predicted octanol–water partition coefficient (Wildman–Crippen LogP) is 2.68. The number of benzene rings is 1. The van der Waals surface area contributed by atoms with E-state index in [1.165, 1.54) is 6.92 Å². The van der Waals surface area contributed by atoms with Crippen molar-refractivity contribution in [2.45, 2.75) is 33.6 Å². The molecule has 5 nitrogen and oxygen atoms in total. The van der Waals surface area contributed by atoms with Crippen molar-refractivity contribution in [3.63, 3.8) is 0 Å². The molecule has 0 unspecified atom stereocenters. The summed E-state index contributed by atoms with van der Waals surface area (Å²) in [4.78, 5) is 23.8. The number of amides is 2. The number of nitrogens with one attached hydrogen (secondary N) is 2. The Morgan fingerprint density at radius 2 is 1.71 bits per heavy atom. The van der Waals surface area contributed by atoms with Gasteiger partial charge in [0.05, 0.1) is 10.4 Å². The molecule has 0 bridgehead atoms. The van der Waals surface area contributed by atoms with Gasteiger partial charge in [0, 0.05) is 18.3 Å². The highest BCUT2D eigenvalue weighted by atomic mass is 32.1. The van der Waals surface area contributed by atoms with Crippen molar-refractivity contribution in [3.05, 3.63) is 24.3 Å². The maximum absolute atomic E-state index is 12.5. The van der Waals surface area contributed by atoms with Crippen LogP contribution in [0.3, 0.4) is 0 Å². The summed E-state index contributed by atoms with van der Waals surface area (Å²) in [6.45, 7) is 5.20. The van der Waals surface area contributed by atoms with Gasteiger partial charge in [-0.25, -0.2) is 0 Å². The molecule has 0 aliphatic rings. The average molecular weight is 307 g/mol. The zero-order chi connectivity index (χ0) is 16.0. The van der Waals surface area contributed by atoms with Crippen LogP contribution in [0.2, 0.25) is 0 Å². The third-order valence-electron chi connectivity index (χ3n) is 3.55. The van der Waals surface area contributed by atoms with Crippen molar-refractivity contribution >= 4 is 40.4 Å². The first-order chi connectivity index (χ1) is 9.85.